The first-order chi connectivity index (χ1) is 10.7. The van der Waals surface area contributed by atoms with Crippen LogP contribution in [-0.4, -0.2) is 40.1 Å². The molecule has 2 heterocycles. The Kier molecular flexibility index (Phi) is 4.97. The third-order valence-electron chi connectivity index (χ3n) is 3.94. The zero-order chi connectivity index (χ0) is 15.4. The number of imidazole rings is 1. The normalized spacial score (nSPS) is 15.8. The van der Waals surface area contributed by atoms with Gasteiger partial charge in [0.1, 0.15) is 5.75 Å². The zero-order valence-corrected chi connectivity index (χ0v) is 14.3. The van der Waals surface area contributed by atoms with Gasteiger partial charge in [0, 0.05) is 35.1 Å². The smallest absolute Gasteiger partial charge is 0.260 e. The highest BCUT2D eigenvalue weighted by Gasteiger charge is 2.23. The Morgan fingerprint density at radius 3 is 2.64 bits per heavy atom. The molecule has 1 aromatic heterocycles. The number of likely N-dealkylation sites (tertiary alicyclic amines) is 1. The number of amides is 1. The largest absolute Gasteiger partial charge is 0.484 e. The maximum absolute atomic E-state index is 12.2. The monoisotopic (exact) mass is 411 g/mol. The number of aromatic nitrogens is 2. The Bertz CT molecular complexity index is 605. The van der Waals surface area contributed by atoms with Gasteiger partial charge in [-0.2, -0.15) is 0 Å². The molecule has 1 saturated heterocycles. The fourth-order valence-corrected chi connectivity index (χ4v) is 3.03. The van der Waals surface area contributed by atoms with Crippen LogP contribution in [0.3, 0.4) is 0 Å². The van der Waals surface area contributed by atoms with Crippen molar-refractivity contribution in [1.29, 1.82) is 0 Å². The van der Waals surface area contributed by atoms with Gasteiger partial charge >= 0.3 is 0 Å². The molecule has 0 unspecified atom stereocenters. The van der Waals surface area contributed by atoms with Crippen LogP contribution in [0, 0.1) is 3.57 Å². The van der Waals surface area contributed by atoms with Gasteiger partial charge in [0.25, 0.3) is 5.91 Å². The number of carbonyl (C=O) groups excluding carboxylic acids is 1. The fraction of sp³-hybridized carbons (Fsp3) is 0.375. The molecule has 1 fully saturated rings. The van der Waals surface area contributed by atoms with E-state index < -0.39 is 0 Å². The lowest BCUT2D eigenvalue weighted by Crippen LogP contribution is -2.41. The van der Waals surface area contributed by atoms with Crippen molar-refractivity contribution < 1.29 is 9.53 Å². The van der Waals surface area contributed by atoms with Gasteiger partial charge in [0.15, 0.2) is 6.61 Å². The Labute approximate surface area is 143 Å². The molecular formula is C16H18IN3O2. The number of hydrogen-bond acceptors (Lipinski definition) is 3. The van der Waals surface area contributed by atoms with Gasteiger partial charge in [-0.1, -0.05) is 0 Å². The first kappa shape index (κ1) is 15.3. The number of carbonyl (C=O) groups is 1. The molecule has 0 saturated carbocycles. The topological polar surface area (TPSA) is 47.4 Å². The van der Waals surface area contributed by atoms with E-state index in [0.717, 1.165) is 35.3 Å². The molecule has 6 heteroatoms. The van der Waals surface area contributed by atoms with Gasteiger partial charge in [0.2, 0.25) is 0 Å². The summed E-state index contributed by atoms with van der Waals surface area (Å²) in [7, 11) is 0. The maximum atomic E-state index is 12.2. The summed E-state index contributed by atoms with van der Waals surface area (Å²) in [5.41, 5.74) is 0. The molecule has 0 spiro atoms. The van der Waals surface area contributed by atoms with Crippen LogP contribution in [0.5, 0.6) is 5.75 Å². The summed E-state index contributed by atoms with van der Waals surface area (Å²) >= 11 is 2.24. The highest BCUT2D eigenvalue weighted by atomic mass is 127. The Balaban J connectivity index is 1.46. The lowest BCUT2D eigenvalue weighted by Gasteiger charge is -2.32. The average Bonchev–Trinajstić information content (AvgIpc) is 3.09. The molecule has 0 atom stereocenters. The Morgan fingerprint density at radius 1 is 1.27 bits per heavy atom. The molecule has 1 amide bonds. The molecule has 0 N–H and O–H groups in total. The van der Waals surface area contributed by atoms with Crippen molar-refractivity contribution in [3.05, 3.63) is 46.6 Å². The van der Waals surface area contributed by atoms with Crippen molar-refractivity contribution in [3.63, 3.8) is 0 Å². The van der Waals surface area contributed by atoms with Crippen molar-refractivity contribution in [2.75, 3.05) is 19.7 Å². The van der Waals surface area contributed by atoms with E-state index in [9.17, 15) is 4.79 Å². The minimum absolute atomic E-state index is 0.0580. The van der Waals surface area contributed by atoms with Crippen LogP contribution >= 0.6 is 22.6 Å². The zero-order valence-electron chi connectivity index (χ0n) is 12.2. The third-order valence-corrected chi connectivity index (χ3v) is 4.66. The minimum Gasteiger partial charge on any atom is -0.484 e. The van der Waals surface area contributed by atoms with Crippen molar-refractivity contribution >= 4 is 28.5 Å². The van der Waals surface area contributed by atoms with Crippen LogP contribution in [0.25, 0.3) is 0 Å². The number of benzene rings is 1. The first-order valence-electron chi connectivity index (χ1n) is 7.36. The summed E-state index contributed by atoms with van der Waals surface area (Å²) in [5.74, 6) is 0.796. The maximum Gasteiger partial charge on any atom is 0.260 e. The Morgan fingerprint density at radius 2 is 2.00 bits per heavy atom. The number of halogens is 1. The van der Waals surface area contributed by atoms with Gasteiger partial charge in [0.05, 0.1) is 6.33 Å². The second kappa shape index (κ2) is 7.13. The molecule has 1 aliphatic heterocycles. The molecular weight excluding hydrogens is 393 g/mol. The molecule has 3 rings (SSSR count). The third kappa shape index (κ3) is 3.79. The van der Waals surface area contributed by atoms with Crippen LogP contribution in [0.4, 0.5) is 0 Å². The van der Waals surface area contributed by atoms with Crippen LogP contribution in [0.15, 0.2) is 43.0 Å². The highest BCUT2D eigenvalue weighted by Crippen LogP contribution is 2.22. The number of piperidine rings is 1. The van der Waals surface area contributed by atoms with Gasteiger partial charge in [-0.3, -0.25) is 4.79 Å². The van der Waals surface area contributed by atoms with E-state index in [0.29, 0.717) is 6.04 Å². The molecule has 116 valence electrons. The molecule has 1 aliphatic rings. The molecule has 2 aromatic rings. The second-order valence-electron chi connectivity index (χ2n) is 5.36. The van der Waals surface area contributed by atoms with Crippen LogP contribution < -0.4 is 4.74 Å². The summed E-state index contributed by atoms with van der Waals surface area (Å²) in [6, 6.07) is 8.16. The first-order valence-corrected chi connectivity index (χ1v) is 8.44. The van der Waals surface area contributed by atoms with Gasteiger partial charge in [-0.05, 0) is 59.7 Å². The quantitative estimate of drug-likeness (QED) is 0.728. The van der Waals surface area contributed by atoms with Crippen LogP contribution in [-0.2, 0) is 4.79 Å². The van der Waals surface area contributed by atoms with Gasteiger partial charge in [-0.25, -0.2) is 4.98 Å². The van der Waals surface area contributed by atoms with Crippen molar-refractivity contribution in [3.8, 4) is 5.75 Å². The summed E-state index contributed by atoms with van der Waals surface area (Å²) in [6.07, 6.45) is 7.56. The fourth-order valence-electron chi connectivity index (χ4n) is 2.67. The van der Waals surface area contributed by atoms with Crippen LogP contribution in [0.2, 0.25) is 0 Å². The molecule has 22 heavy (non-hydrogen) atoms. The second-order valence-corrected chi connectivity index (χ2v) is 6.61. The van der Waals surface area contributed by atoms with E-state index in [1.165, 1.54) is 0 Å². The molecule has 1 aromatic carbocycles. The Hall–Kier alpha value is -1.57. The molecule has 0 radical (unpaired) electrons. The predicted molar refractivity (Wildman–Crippen MR) is 91.7 cm³/mol. The minimum atomic E-state index is 0.0580. The van der Waals surface area contributed by atoms with Crippen molar-refractivity contribution in [2.45, 2.75) is 18.9 Å². The van der Waals surface area contributed by atoms with Crippen molar-refractivity contribution in [1.82, 2.24) is 14.5 Å². The number of hydrogen-bond donors (Lipinski definition) is 0. The number of rotatable bonds is 4. The van der Waals surface area contributed by atoms with Gasteiger partial charge in [-0.15, -0.1) is 0 Å². The van der Waals surface area contributed by atoms with E-state index in [1.807, 2.05) is 41.7 Å². The summed E-state index contributed by atoms with van der Waals surface area (Å²) in [5, 5.41) is 0. The van der Waals surface area contributed by atoms with E-state index >= 15 is 0 Å². The van der Waals surface area contributed by atoms with E-state index in [4.69, 9.17) is 4.74 Å². The lowest BCUT2D eigenvalue weighted by atomic mass is 10.1. The molecule has 5 nitrogen and oxygen atoms in total. The van der Waals surface area contributed by atoms with Crippen molar-refractivity contribution in [2.24, 2.45) is 0 Å². The number of ether oxygens (including phenoxy) is 1. The number of nitrogens with zero attached hydrogens (tertiary/aromatic N) is 3. The molecule has 0 aliphatic carbocycles. The summed E-state index contributed by atoms with van der Waals surface area (Å²) in [4.78, 5) is 18.2. The molecule has 0 bridgehead atoms. The summed E-state index contributed by atoms with van der Waals surface area (Å²) in [6.45, 7) is 1.66. The SMILES string of the molecule is O=C(COc1ccc(I)cc1)N1CCC(n2ccnc2)CC1. The van der Waals surface area contributed by atoms with E-state index in [2.05, 4.69) is 32.1 Å². The van der Waals surface area contributed by atoms with Gasteiger partial charge < -0.3 is 14.2 Å². The summed E-state index contributed by atoms with van der Waals surface area (Å²) < 4.78 is 8.84. The lowest BCUT2D eigenvalue weighted by molar-refractivity contribution is -0.134. The predicted octanol–water partition coefficient (Wildman–Crippen LogP) is 2.73. The highest BCUT2D eigenvalue weighted by molar-refractivity contribution is 14.1. The van der Waals surface area contributed by atoms with Crippen LogP contribution in [0.1, 0.15) is 18.9 Å². The standard InChI is InChI=1S/C16H18IN3O2/c17-13-1-3-15(4-2-13)22-11-16(21)19-8-5-14(6-9-19)20-10-7-18-12-20/h1-4,7,10,12,14H,5-6,8-9,11H2. The average molecular weight is 411 g/mol. The van der Waals surface area contributed by atoms with E-state index in [-0.39, 0.29) is 12.5 Å². The van der Waals surface area contributed by atoms with E-state index in [1.54, 1.807) is 6.20 Å².